The molecule has 184 valence electrons. The van der Waals surface area contributed by atoms with Crippen LogP contribution in [0.4, 0.5) is 0 Å². The van der Waals surface area contributed by atoms with E-state index in [4.69, 9.17) is 4.74 Å². The molecule has 0 radical (unpaired) electrons. The van der Waals surface area contributed by atoms with Crippen molar-refractivity contribution < 1.29 is 14.6 Å². The first-order chi connectivity index (χ1) is 15.5. The molecule has 1 atom stereocenters. The van der Waals surface area contributed by atoms with E-state index in [0.29, 0.717) is 12.2 Å². The molecule has 2 N–H and O–H groups in total. The van der Waals surface area contributed by atoms with E-state index in [9.17, 15) is 9.90 Å². The molecule has 2 aromatic rings. The molecule has 0 saturated heterocycles. The number of hydrogen-bond acceptors (Lipinski definition) is 3. The minimum Gasteiger partial charge on any atom is -0.491 e. The van der Waals surface area contributed by atoms with Gasteiger partial charge < -0.3 is 19.7 Å². The van der Waals surface area contributed by atoms with Gasteiger partial charge in [-0.15, -0.1) is 0 Å². The highest BCUT2D eigenvalue weighted by molar-refractivity contribution is 9.09. The molecular weight excluding hydrogens is 480 g/mol. The number of alkyl halides is 1. The minimum atomic E-state index is -0.538. The van der Waals surface area contributed by atoms with Crippen LogP contribution in [0, 0.1) is 12.3 Å². The van der Waals surface area contributed by atoms with E-state index in [-0.39, 0.29) is 23.3 Å². The maximum Gasteiger partial charge on any atom is 0.267 e. The average Bonchev–Trinajstić information content (AvgIpc) is 3.22. The van der Waals surface area contributed by atoms with E-state index < -0.39 is 6.10 Å². The summed E-state index contributed by atoms with van der Waals surface area (Å²) in [7, 11) is 0. The van der Waals surface area contributed by atoms with Gasteiger partial charge >= 0.3 is 0 Å². The molecule has 33 heavy (non-hydrogen) atoms. The van der Waals surface area contributed by atoms with Gasteiger partial charge in [-0.1, -0.05) is 62.7 Å². The zero-order valence-corrected chi connectivity index (χ0v) is 22.9. The van der Waals surface area contributed by atoms with Crippen LogP contribution in [0.1, 0.15) is 81.7 Å². The van der Waals surface area contributed by atoms with Gasteiger partial charge in [-0.2, -0.15) is 0 Å². The van der Waals surface area contributed by atoms with Crippen molar-refractivity contribution in [2.24, 2.45) is 5.41 Å². The maximum absolute atomic E-state index is 12.7. The van der Waals surface area contributed by atoms with Gasteiger partial charge in [0.25, 0.3) is 5.91 Å². The van der Waals surface area contributed by atoms with Crippen molar-refractivity contribution in [2.45, 2.75) is 79.4 Å². The van der Waals surface area contributed by atoms with Crippen molar-refractivity contribution in [3.63, 3.8) is 0 Å². The lowest BCUT2D eigenvalue weighted by Gasteiger charge is -2.35. The molecule has 0 aliphatic heterocycles. The van der Waals surface area contributed by atoms with E-state index >= 15 is 0 Å². The van der Waals surface area contributed by atoms with E-state index in [1.165, 1.54) is 5.56 Å². The molecular formula is C27H41BrN2O3. The van der Waals surface area contributed by atoms with Gasteiger partial charge in [0, 0.05) is 29.5 Å². The second-order valence-corrected chi connectivity index (χ2v) is 10.5. The standard InChI is InChI=1S/C27H41BrN2O3/c1-8-27(9-2,23-14-12-21(30(23)10-3)25(32)29-16-15-28)20-11-13-22(19(4)17-20)33-18-24(31)26(5,6)7/h11-14,17,24,31H,8-10,15-16,18H2,1-7H3,(H,29,32). The number of rotatable bonds is 11. The van der Waals surface area contributed by atoms with Crippen LogP contribution < -0.4 is 10.1 Å². The van der Waals surface area contributed by atoms with Crippen LogP contribution in [0.3, 0.4) is 0 Å². The molecule has 0 spiro atoms. The van der Waals surface area contributed by atoms with Crippen molar-refractivity contribution in [1.82, 2.24) is 9.88 Å². The number of ether oxygens (including phenoxy) is 1. The van der Waals surface area contributed by atoms with Crippen LogP contribution in [-0.4, -0.2) is 40.2 Å². The Labute approximate surface area is 208 Å². The fourth-order valence-electron chi connectivity index (χ4n) is 4.37. The summed E-state index contributed by atoms with van der Waals surface area (Å²) in [6, 6.07) is 10.4. The van der Waals surface area contributed by atoms with Crippen molar-refractivity contribution in [3.05, 3.63) is 52.8 Å². The number of nitrogens with zero attached hydrogens (tertiary/aromatic N) is 1. The number of carbonyl (C=O) groups is 1. The summed E-state index contributed by atoms with van der Waals surface area (Å²) in [5.74, 6) is 0.755. The van der Waals surface area contributed by atoms with E-state index in [0.717, 1.165) is 41.7 Å². The lowest BCUT2D eigenvalue weighted by atomic mass is 9.72. The fraction of sp³-hybridized carbons (Fsp3) is 0.593. The Morgan fingerprint density at radius 3 is 2.33 bits per heavy atom. The number of amides is 1. The average molecular weight is 522 g/mol. The Kier molecular flexibility index (Phi) is 9.62. The topological polar surface area (TPSA) is 63.5 Å². The smallest absolute Gasteiger partial charge is 0.267 e. The molecule has 6 heteroatoms. The maximum atomic E-state index is 12.7. The Morgan fingerprint density at radius 2 is 1.82 bits per heavy atom. The Morgan fingerprint density at radius 1 is 1.15 bits per heavy atom. The van der Waals surface area contributed by atoms with E-state index in [1.54, 1.807) is 0 Å². The molecule has 1 aromatic carbocycles. The number of halogens is 1. The van der Waals surface area contributed by atoms with Crippen LogP contribution in [0.2, 0.25) is 0 Å². The van der Waals surface area contributed by atoms with Crippen molar-refractivity contribution in [1.29, 1.82) is 0 Å². The summed E-state index contributed by atoms with van der Waals surface area (Å²) in [4.78, 5) is 12.7. The first-order valence-corrected chi connectivity index (χ1v) is 13.1. The molecule has 0 aliphatic carbocycles. The molecule has 1 aromatic heterocycles. The minimum absolute atomic E-state index is 0.0407. The van der Waals surface area contributed by atoms with Crippen molar-refractivity contribution >= 4 is 21.8 Å². The van der Waals surface area contributed by atoms with Crippen LogP contribution in [0.15, 0.2) is 30.3 Å². The number of hydrogen-bond donors (Lipinski definition) is 2. The van der Waals surface area contributed by atoms with Crippen LogP contribution in [0.25, 0.3) is 0 Å². The highest BCUT2D eigenvalue weighted by Gasteiger charge is 2.35. The number of nitrogens with one attached hydrogen (secondary N) is 1. The van der Waals surface area contributed by atoms with Crippen molar-refractivity contribution in [2.75, 3.05) is 18.5 Å². The number of benzene rings is 1. The number of aliphatic hydroxyl groups is 1. The molecule has 0 saturated carbocycles. The van der Waals surface area contributed by atoms with Gasteiger partial charge in [0.05, 0.1) is 6.10 Å². The van der Waals surface area contributed by atoms with Crippen molar-refractivity contribution in [3.8, 4) is 5.75 Å². The van der Waals surface area contributed by atoms with Crippen LogP contribution in [0.5, 0.6) is 5.75 Å². The zero-order valence-electron chi connectivity index (χ0n) is 21.3. The Balaban J connectivity index is 2.42. The lowest BCUT2D eigenvalue weighted by molar-refractivity contribution is 0.0216. The Hall–Kier alpha value is -1.79. The lowest BCUT2D eigenvalue weighted by Crippen LogP contribution is -2.32. The predicted octanol–water partition coefficient (Wildman–Crippen LogP) is 5.83. The van der Waals surface area contributed by atoms with Crippen LogP contribution in [-0.2, 0) is 12.0 Å². The molecule has 0 aliphatic rings. The summed E-state index contributed by atoms with van der Waals surface area (Å²) in [6.07, 6.45) is 1.29. The summed E-state index contributed by atoms with van der Waals surface area (Å²) in [5, 5.41) is 14.0. The molecule has 1 unspecified atom stereocenters. The van der Waals surface area contributed by atoms with Gasteiger partial charge in [-0.3, -0.25) is 4.79 Å². The second-order valence-electron chi connectivity index (χ2n) is 9.76. The highest BCUT2D eigenvalue weighted by atomic mass is 79.9. The summed E-state index contributed by atoms with van der Waals surface area (Å²) in [5.41, 5.74) is 3.69. The largest absolute Gasteiger partial charge is 0.491 e. The first kappa shape index (κ1) is 27.5. The predicted molar refractivity (Wildman–Crippen MR) is 140 cm³/mol. The van der Waals surface area contributed by atoms with Gasteiger partial charge in [0.1, 0.15) is 18.1 Å². The van der Waals surface area contributed by atoms with Gasteiger partial charge in [-0.05, 0) is 61.4 Å². The SMILES string of the molecule is CCn1c(C(=O)NCCBr)ccc1C(CC)(CC)c1ccc(OCC(O)C(C)(C)C)c(C)c1. The highest BCUT2D eigenvalue weighted by Crippen LogP contribution is 2.41. The monoisotopic (exact) mass is 520 g/mol. The molecule has 5 nitrogen and oxygen atoms in total. The Bertz CT molecular complexity index is 926. The number of aromatic nitrogens is 1. The van der Waals surface area contributed by atoms with Crippen LogP contribution >= 0.6 is 15.9 Å². The molecule has 2 rings (SSSR count). The molecule has 0 bridgehead atoms. The number of aryl methyl sites for hydroxylation is 1. The normalized spacial score (nSPS) is 13.1. The first-order valence-electron chi connectivity index (χ1n) is 12.0. The van der Waals surface area contributed by atoms with Gasteiger partial charge in [-0.25, -0.2) is 0 Å². The third-order valence-corrected chi connectivity index (χ3v) is 7.13. The molecule has 0 fully saturated rings. The summed E-state index contributed by atoms with van der Waals surface area (Å²) >= 11 is 3.37. The quantitative estimate of drug-likeness (QED) is 0.366. The zero-order chi connectivity index (χ0) is 24.8. The second kappa shape index (κ2) is 11.6. The van der Waals surface area contributed by atoms with Gasteiger partial charge in [0.2, 0.25) is 0 Å². The van der Waals surface area contributed by atoms with Gasteiger partial charge in [0.15, 0.2) is 0 Å². The molecule has 1 amide bonds. The fourth-order valence-corrected chi connectivity index (χ4v) is 4.57. The number of aliphatic hydroxyl groups excluding tert-OH is 1. The third-order valence-electron chi connectivity index (χ3n) is 6.73. The van der Waals surface area contributed by atoms with E-state index in [2.05, 4.69) is 71.7 Å². The summed E-state index contributed by atoms with van der Waals surface area (Å²) in [6.45, 7) is 16.2. The number of carbonyl (C=O) groups excluding carboxylic acids is 1. The molecule has 1 heterocycles. The third kappa shape index (κ3) is 6.02. The summed E-state index contributed by atoms with van der Waals surface area (Å²) < 4.78 is 8.12. The van der Waals surface area contributed by atoms with E-state index in [1.807, 2.05) is 32.9 Å².